The summed E-state index contributed by atoms with van der Waals surface area (Å²) in [7, 11) is 0.497. The first-order valence-corrected chi connectivity index (χ1v) is 11.8. The molecule has 2 amide bonds. The first-order chi connectivity index (χ1) is 10.2. The maximum atomic E-state index is 11.9. The highest BCUT2D eigenvalue weighted by molar-refractivity contribution is 6.76. The average molecular weight is 330 g/mol. The van der Waals surface area contributed by atoms with Crippen LogP contribution in [0.25, 0.3) is 0 Å². The van der Waals surface area contributed by atoms with E-state index in [1.165, 1.54) is 4.90 Å². The number of nitrogens with two attached hydrogens (primary N) is 1. The lowest BCUT2D eigenvalue weighted by molar-refractivity contribution is -0.133. The Kier molecular flexibility index (Phi) is 7.35. The van der Waals surface area contributed by atoms with Gasteiger partial charge in [-0.1, -0.05) is 19.6 Å². The SMILES string of the molecule is CN(C[C@@H](N)CN1CCCCC1=O)C(=O)OCC[Si](C)(C)C. The molecule has 2 N–H and O–H groups in total. The molecule has 0 aromatic rings. The van der Waals surface area contributed by atoms with Crippen LogP contribution < -0.4 is 5.73 Å². The van der Waals surface area contributed by atoms with Crippen LogP contribution >= 0.6 is 0 Å². The van der Waals surface area contributed by atoms with Gasteiger partial charge in [-0.15, -0.1) is 0 Å². The molecule has 1 fully saturated rings. The van der Waals surface area contributed by atoms with E-state index in [9.17, 15) is 9.59 Å². The topological polar surface area (TPSA) is 75.9 Å². The van der Waals surface area contributed by atoms with Crippen molar-refractivity contribution in [1.29, 1.82) is 0 Å². The second-order valence-electron chi connectivity index (χ2n) is 7.36. The Hall–Kier alpha value is -1.08. The van der Waals surface area contributed by atoms with Gasteiger partial charge in [-0.05, 0) is 18.9 Å². The molecule has 1 rings (SSSR count). The minimum Gasteiger partial charge on any atom is -0.450 e. The molecule has 128 valence electrons. The van der Waals surface area contributed by atoms with Crippen LogP contribution in [0, 0.1) is 0 Å². The lowest BCUT2D eigenvalue weighted by atomic mass is 10.1. The van der Waals surface area contributed by atoms with Gasteiger partial charge in [0.25, 0.3) is 0 Å². The lowest BCUT2D eigenvalue weighted by Gasteiger charge is -2.30. The molecule has 0 saturated carbocycles. The van der Waals surface area contributed by atoms with Crippen molar-refractivity contribution < 1.29 is 14.3 Å². The summed E-state index contributed by atoms with van der Waals surface area (Å²) >= 11 is 0. The Bertz CT molecular complexity index is 385. The Labute approximate surface area is 135 Å². The molecule has 1 heterocycles. The van der Waals surface area contributed by atoms with Crippen LogP contribution in [-0.4, -0.2) is 69.2 Å². The zero-order valence-electron chi connectivity index (χ0n) is 14.4. The first kappa shape index (κ1) is 19.0. The summed E-state index contributed by atoms with van der Waals surface area (Å²) in [5.41, 5.74) is 6.07. The molecule has 0 spiro atoms. The van der Waals surface area contributed by atoms with Crippen molar-refractivity contribution in [2.45, 2.75) is 51.0 Å². The standard InChI is InChI=1S/C15H31N3O3Si/c1-17(15(20)21-9-10-22(2,3)4)11-13(16)12-18-8-6-5-7-14(18)19/h13H,5-12,16H2,1-4H3/t13-/m1/s1. The molecule has 1 saturated heterocycles. The van der Waals surface area contributed by atoms with E-state index < -0.39 is 8.07 Å². The molecule has 0 aliphatic carbocycles. The molecule has 7 heteroatoms. The molecule has 6 nitrogen and oxygen atoms in total. The van der Waals surface area contributed by atoms with Gasteiger partial charge in [0.1, 0.15) is 0 Å². The minimum absolute atomic E-state index is 0.169. The van der Waals surface area contributed by atoms with E-state index in [0.29, 0.717) is 26.1 Å². The summed E-state index contributed by atoms with van der Waals surface area (Å²) in [5.74, 6) is 0.169. The smallest absolute Gasteiger partial charge is 0.409 e. The third-order valence-electron chi connectivity index (χ3n) is 3.77. The summed E-state index contributed by atoms with van der Waals surface area (Å²) in [5, 5.41) is 0. The highest BCUT2D eigenvalue weighted by Gasteiger charge is 2.22. The molecular formula is C15H31N3O3Si. The van der Waals surface area contributed by atoms with Crippen molar-refractivity contribution >= 4 is 20.1 Å². The maximum absolute atomic E-state index is 11.9. The van der Waals surface area contributed by atoms with Crippen LogP contribution in [0.15, 0.2) is 0 Å². The maximum Gasteiger partial charge on any atom is 0.409 e. The summed E-state index contributed by atoms with van der Waals surface area (Å²) in [6, 6.07) is 0.720. The van der Waals surface area contributed by atoms with E-state index in [2.05, 4.69) is 19.6 Å². The molecule has 0 radical (unpaired) electrons. The fourth-order valence-corrected chi connectivity index (χ4v) is 3.09. The number of amides is 2. The van der Waals surface area contributed by atoms with Crippen LogP contribution in [-0.2, 0) is 9.53 Å². The quantitative estimate of drug-likeness (QED) is 0.722. The van der Waals surface area contributed by atoms with Gasteiger partial charge >= 0.3 is 6.09 Å². The summed E-state index contributed by atoms with van der Waals surface area (Å²) in [6.07, 6.45) is 2.28. The molecule has 1 atom stereocenters. The van der Waals surface area contributed by atoms with Gasteiger partial charge in [0, 0.05) is 47.2 Å². The predicted octanol–water partition coefficient (Wildman–Crippen LogP) is 1.73. The number of nitrogens with zero attached hydrogens (tertiary/aromatic N) is 2. The summed E-state index contributed by atoms with van der Waals surface area (Å²) < 4.78 is 5.28. The predicted molar refractivity (Wildman–Crippen MR) is 90.5 cm³/mol. The van der Waals surface area contributed by atoms with E-state index in [-0.39, 0.29) is 18.0 Å². The monoisotopic (exact) mass is 329 g/mol. The number of hydrogen-bond acceptors (Lipinski definition) is 4. The molecule has 1 aliphatic heterocycles. The van der Waals surface area contributed by atoms with E-state index in [0.717, 1.165) is 25.4 Å². The first-order valence-electron chi connectivity index (χ1n) is 8.10. The zero-order chi connectivity index (χ0) is 16.8. The van der Waals surface area contributed by atoms with E-state index in [1.54, 1.807) is 11.9 Å². The molecule has 0 aromatic heterocycles. The van der Waals surface area contributed by atoms with Gasteiger partial charge in [-0.2, -0.15) is 0 Å². The summed E-state index contributed by atoms with van der Waals surface area (Å²) in [6.45, 7) is 8.89. The molecule has 0 bridgehead atoms. The number of piperidine rings is 1. The van der Waals surface area contributed by atoms with Gasteiger partial charge in [-0.25, -0.2) is 4.79 Å². The number of likely N-dealkylation sites (N-methyl/N-ethyl adjacent to an activating group) is 1. The molecule has 0 aromatic carbocycles. The fraction of sp³-hybridized carbons (Fsp3) is 0.867. The van der Waals surface area contributed by atoms with Gasteiger partial charge in [-0.3, -0.25) is 4.79 Å². The van der Waals surface area contributed by atoms with Crippen LogP contribution in [0.4, 0.5) is 4.79 Å². The summed E-state index contributed by atoms with van der Waals surface area (Å²) in [4.78, 5) is 27.0. The van der Waals surface area contributed by atoms with Crippen LogP contribution in [0.5, 0.6) is 0 Å². The zero-order valence-corrected chi connectivity index (χ0v) is 15.4. The highest BCUT2D eigenvalue weighted by Crippen LogP contribution is 2.11. The lowest BCUT2D eigenvalue weighted by Crippen LogP contribution is -2.48. The van der Waals surface area contributed by atoms with Gasteiger partial charge in [0.05, 0.1) is 6.61 Å². The minimum atomic E-state index is -1.19. The fourth-order valence-electron chi connectivity index (χ4n) is 2.38. The van der Waals surface area contributed by atoms with Crippen molar-refractivity contribution in [2.75, 3.05) is 33.3 Å². The van der Waals surface area contributed by atoms with Crippen LogP contribution in [0.2, 0.25) is 25.7 Å². The van der Waals surface area contributed by atoms with Gasteiger partial charge < -0.3 is 20.3 Å². The van der Waals surface area contributed by atoms with E-state index in [1.807, 2.05) is 0 Å². The Morgan fingerprint density at radius 3 is 2.68 bits per heavy atom. The van der Waals surface area contributed by atoms with E-state index in [4.69, 9.17) is 10.5 Å². The van der Waals surface area contributed by atoms with Crippen molar-refractivity contribution in [2.24, 2.45) is 5.73 Å². The molecular weight excluding hydrogens is 298 g/mol. The number of hydrogen-bond donors (Lipinski definition) is 1. The van der Waals surface area contributed by atoms with Crippen LogP contribution in [0.1, 0.15) is 19.3 Å². The molecule has 22 heavy (non-hydrogen) atoms. The van der Waals surface area contributed by atoms with Crippen molar-refractivity contribution in [1.82, 2.24) is 9.80 Å². The number of ether oxygens (including phenoxy) is 1. The Balaban J connectivity index is 2.28. The van der Waals surface area contributed by atoms with Crippen molar-refractivity contribution in [3.8, 4) is 0 Å². The molecule has 1 aliphatic rings. The number of carbonyl (C=O) groups excluding carboxylic acids is 2. The number of likely N-dealkylation sites (tertiary alicyclic amines) is 1. The normalized spacial score (nSPS) is 17.3. The van der Waals surface area contributed by atoms with Gasteiger partial charge in [0.15, 0.2) is 0 Å². The largest absolute Gasteiger partial charge is 0.450 e. The van der Waals surface area contributed by atoms with Gasteiger partial charge in [0.2, 0.25) is 5.91 Å². The highest BCUT2D eigenvalue weighted by atomic mass is 28.3. The second-order valence-corrected chi connectivity index (χ2v) is 13.0. The third-order valence-corrected chi connectivity index (χ3v) is 5.48. The van der Waals surface area contributed by atoms with Crippen molar-refractivity contribution in [3.63, 3.8) is 0 Å². The number of carbonyl (C=O) groups is 2. The Morgan fingerprint density at radius 2 is 2.09 bits per heavy atom. The van der Waals surface area contributed by atoms with E-state index >= 15 is 0 Å². The van der Waals surface area contributed by atoms with Crippen LogP contribution in [0.3, 0.4) is 0 Å². The average Bonchev–Trinajstić information content (AvgIpc) is 2.39. The Morgan fingerprint density at radius 1 is 1.41 bits per heavy atom. The van der Waals surface area contributed by atoms with Crippen molar-refractivity contribution in [3.05, 3.63) is 0 Å². The second kappa shape index (κ2) is 8.52. The third kappa shape index (κ3) is 7.26. The molecule has 0 unspecified atom stereocenters. The number of rotatable bonds is 7.